The molecule has 0 saturated heterocycles. The van der Waals surface area contributed by atoms with Crippen molar-refractivity contribution in [3.8, 4) is 0 Å². The fourth-order valence-electron chi connectivity index (χ4n) is 4.77. The van der Waals surface area contributed by atoms with Crippen LogP contribution >= 0.6 is 0 Å². The van der Waals surface area contributed by atoms with Crippen LogP contribution in [0.3, 0.4) is 0 Å². The fourth-order valence-corrected chi connectivity index (χ4v) is 4.77. The van der Waals surface area contributed by atoms with Crippen molar-refractivity contribution in [2.24, 2.45) is 0 Å². The molecule has 0 aromatic heterocycles. The second-order valence-electron chi connectivity index (χ2n) is 8.38. The lowest BCUT2D eigenvalue weighted by molar-refractivity contribution is 0.0479. The highest BCUT2D eigenvalue weighted by atomic mass is 19.1. The van der Waals surface area contributed by atoms with Gasteiger partial charge in [-0.1, -0.05) is 6.07 Å². The number of nitrogens with zero attached hydrogens (tertiary/aromatic N) is 1. The van der Waals surface area contributed by atoms with Crippen molar-refractivity contribution in [2.45, 2.75) is 58.2 Å². The van der Waals surface area contributed by atoms with Gasteiger partial charge in [-0.15, -0.1) is 0 Å². The summed E-state index contributed by atoms with van der Waals surface area (Å²) in [4.78, 5) is 26.6. The predicted octanol–water partition coefficient (Wildman–Crippen LogP) is 3.26. The van der Waals surface area contributed by atoms with E-state index in [4.69, 9.17) is 0 Å². The SMILES string of the molecule is CNC(=O)c1ccc(Cc2cc3c(c(C)c2C)CN([C@H]2CCC[C@@H]2O)C3=O)cc1F. The third kappa shape index (κ3) is 3.39. The molecular formula is C24H27FN2O3. The maximum atomic E-state index is 14.4. The maximum Gasteiger partial charge on any atom is 0.254 e. The topological polar surface area (TPSA) is 69.6 Å². The molecule has 2 N–H and O–H groups in total. The largest absolute Gasteiger partial charge is 0.391 e. The standard InChI is InChI=1S/C24H27FN2O3/c1-13-14(2)19-12-27(21-5-4-6-22(21)28)24(30)18(19)11-16(13)9-15-7-8-17(20(25)10-15)23(29)26-3/h7-8,10-11,21-22,28H,4-6,9,12H2,1-3H3,(H,26,29)/t21-,22-/m0/s1. The second kappa shape index (κ2) is 7.84. The lowest BCUT2D eigenvalue weighted by Gasteiger charge is -2.26. The molecule has 2 aromatic carbocycles. The van der Waals surface area contributed by atoms with Crippen LogP contribution in [0.4, 0.5) is 4.39 Å². The molecule has 0 radical (unpaired) electrons. The summed E-state index contributed by atoms with van der Waals surface area (Å²) in [5, 5.41) is 12.7. The smallest absolute Gasteiger partial charge is 0.254 e. The van der Waals surface area contributed by atoms with Gasteiger partial charge in [0.2, 0.25) is 0 Å². The Morgan fingerprint density at radius 3 is 2.63 bits per heavy atom. The number of aliphatic hydroxyl groups excluding tert-OH is 1. The van der Waals surface area contributed by atoms with E-state index in [0.29, 0.717) is 18.5 Å². The van der Waals surface area contributed by atoms with Gasteiger partial charge in [0.05, 0.1) is 17.7 Å². The van der Waals surface area contributed by atoms with E-state index in [2.05, 4.69) is 5.32 Å². The highest BCUT2D eigenvalue weighted by molar-refractivity contribution is 5.99. The highest BCUT2D eigenvalue weighted by Crippen LogP contribution is 2.36. The molecule has 5 nitrogen and oxygen atoms in total. The summed E-state index contributed by atoms with van der Waals surface area (Å²) in [6.07, 6.45) is 2.54. The normalized spacial score (nSPS) is 20.6. The zero-order chi connectivity index (χ0) is 21.6. The Labute approximate surface area is 175 Å². The minimum absolute atomic E-state index is 0.0176. The Kier molecular flexibility index (Phi) is 5.36. The first kappa shape index (κ1) is 20.5. The number of carbonyl (C=O) groups excluding carboxylic acids is 2. The van der Waals surface area contributed by atoms with Crippen molar-refractivity contribution in [3.05, 3.63) is 69.0 Å². The van der Waals surface area contributed by atoms with Crippen LogP contribution in [0.1, 0.15) is 67.8 Å². The Morgan fingerprint density at radius 1 is 1.23 bits per heavy atom. The average Bonchev–Trinajstić information content (AvgIpc) is 3.28. The summed E-state index contributed by atoms with van der Waals surface area (Å²) in [5.74, 6) is -1.04. The van der Waals surface area contributed by atoms with Gasteiger partial charge in [0.15, 0.2) is 0 Å². The van der Waals surface area contributed by atoms with Crippen LogP contribution in [0.15, 0.2) is 24.3 Å². The summed E-state index contributed by atoms with van der Waals surface area (Å²) in [6, 6.07) is 6.44. The van der Waals surface area contributed by atoms with Crippen LogP contribution in [0, 0.1) is 19.7 Å². The molecule has 30 heavy (non-hydrogen) atoms. The predicted molar refractivity (Wildman–Crippen MR) is 112 cm³/mol. The van der Waals surface area contributed by atoms with Crippen LogP contribution in [-0.4, -0.2) is 41.0 Å². The van der Waals surface area contributed by atoms with E-state index in [1.807, 2.05) is 24.8 Å². The van der Waals surface area contributed by atoms with Gasteiger partial charge in [-0.3, -0.25) is 9.59 Å². The minimum atomic E-state index is -0.556. The number of hydrogen-bond donors (Lipinski definition) is 2. The number of nitrogens with one attached hydrogen (secondary N) is 1. The number of benzene rings is 2. The molecule has 0 spiro atoms. The number of carbonyl (C=O) groups is 2. The lowest BCUT2D eigenvalue weighted by Crippen LogP contribution is -2.40. The molecule has 2 atom stereocenters. The zero-order valence-corrected chi connectivity index (χ0v) is 17.6. The van der Waals surface area contributed by atoms with E-state index in [9.17, 15) is 19.1 Å². The molecule has 1 heterocycles. The van der Waals surface area contributed by atoms with Crippen LogP contribution in [0.5, 0.6) is 0 Å². The second-order valence-corrected chi connectivity index (χ2v) is 8.38. The van der Waals surface area contributed by atoms with Gasteiger partial charge >= 0.3 is 0 Å². The molecule has 2 amide bonds. The van der Waals surface area contributed by atoms with Crippen molar-refractivity contribution >= 4 is 11.8 Å². The van der Waals surface area contributed by atoms with Gasteiger partial charge in [-0.2, -0.15) is 0 Å². The van der Waals surface area contributed by atoms with Crippen molar-refractivity contribution < 1.29 is 19.1 Å². The number of amides is 2. The minimum Gasteiger partial charge on any atom is -0.391 e. The third-order valence-electron chi connectivity index (χ3n) is 6.70. The van der Waals surface area contributed by atoms with Crippen molar-refractivity contribution in [2.75, 3.05) is 7.05 Å². The Hall–Kier alpha value is -2.73. The number of halogens is 1. The van der Waals surface area contributed by atoms with Crippen LogP contribution in [0.25, 0.3) is 0 Å². The quantitative estimate of drug-likeness (QED) is 0.813. The average molecular weight is 410 g/mol. The van der Waals surface area contributed by atoms with Gasteiger partial charge in [-0.05, 0) is 85.5 Å². The molecular weight excluding hydrogens is 383 g/mol. The zero-order valence-electron chi connectivity index (χ0n) is 17.6. The molecule has 1 aliphatic heterocycles. The Balaban J connectivity index is 1.64. The number of hydrogen-bond acceptors (Lipinski definition) is 3. The molecule has 0 bridgehead atoms. The van der Waals surface area contributed by atoms with Gasteiger partial charge in [0.25, 0.3) is 11.8 Å². The molecule has 158 valence electrons. The van der Waals surface area contributed by atoms with Gasteiger partial charge in [0.1, 0.15) is 5.82 Å². The Bertz CT molecular complexity index is 1030. The summed E-state index contributed by atoms with van der Waals surface area (Å²) in [6.45, 7) is 4.59. The molecule has 6 heteroatoms. The van der Waals surface area contributed by atoms with Crippen molar-refractivity contribution in [3.63, 3.8) is 0 Å². The third-order valence-corrected chi connectivity index (χ3v) is 6.70. The van der Waals surface area contributed by atoms with Crippen LogP contribution in [-0.2, 0) is 13.0 Å². The van der Waals surface area contributed by atoms with E-state index in [-0.39, 0.29) is 17.5 Å². The van der Waals surface area contributed by atoms with Gasteiger partial charge in [-0.25, -0.2) is 4.39 Å². The molecule has 1 aliphatic carbocycles. The first-order chi connectivity index (χ1) is 14.3. The number of aliphatic hydroxyl groups is 1. The summed E-state index contributed by atoms with van der Waals surface area (Å²) in [7, 11) is 1.47. The highest BCUT2D eigenvalue weighted by Gasteiger charge is 2.39. The van der Waals surface area contributed by atoms with Crippen molar-refractivity contribution in [1.82, 2.24) is 10.2 Å². The summed E-state index contributed by atoms with van der Waals surface area (Å²) >= 11 is 0. The molecule has 2 aliphatic rings. The Morgan fingerprint density at radius 2 is 2.00 bits per heavy atom. The van der Waals surface area contributed by atoms with E-state index in [0.717, 1.165) is 47.1 Å². The van der Waals surface area contributed by atoms with Crippen LogP contribution < -0.4 is 5.32 Å². The fraction of sp³-hybridized carbons (Fsp3) is 0.417. The molecule has 1 fully saturated rings. The van der Waals surface area contributed by atoms with E-state index in [1.54, 1.807) is 6.07 Å². The molecule has 4 rings (SSSR count). The van der Waals surface area contributed by atoms with E-state index in [1.165, 1.54) is 19.2 Å². The first-order valence-electron chi connectivity index (χ1n) is 10.4. The number of fused-ring (bicyclic) bond motifs is 1. The van der Waals surface area contributed by atoms with Crippen LogP contribution in [0.2, 0.25) is 0 Å². The maximum absolute atomic E-state index is 14.4. The number of rotatable bonds is 4. The molecule has 0 unspecified atom stereocenters. The monoisotopic (exact) mass is 410 g/mol. The molecule has 2 aromatic rings. The van der Waals surface area contributed by atoms with E-state index >= 15 is 0 Å². The lowest BCUT2D eigenvalue weighted by atomic mass is 9.91. The van der Waals surface area contributed by atoms with Crippen molar-refractivity contribution in [1.29, 1.82) is 0 Å². The first-order valence-corrected chi connectivity index (χ1v) is 10.4. The summed E-state index contributed by atoms with van der Waals surface area (Å²) in [5.41, 5.74) is 5.62. The molecule has 1 saturated carbocycles. The van der Waals surface area contributed by atoms with Gasteiger partial charge < -0.3 is 15.3 Å². The van der Waals surface area contributed by atoms with Gasteiger partial charge in [0, 0.05) is 19.2 Å². The van der Waals surface area contributed by atoms with E-state index < -0.39 is 17.8 Å². The summed E-state index contributed by atoms with van der Waals surface area (Å²) < 4.78 is 14.4.